The lowest BCUT2D eigenvalue weighted by molar-refractivity contribution is 0.0526. The fourth-order valence-corrected chi connectivity index (χ4v) is 1.84. The van der Waals surface area contributed by atoms with E-state index in [2.05, 4.69) is 5.10 Å². The van der Waals surface area contributed by atoms with Crippen molar-refractivity contribution in [2.24, 2.45) is 0 Å². The maximum absolute atomic E-state index is 13.6. The molecular weight excluding hydrogens is 271 g/mol. The van der Waals surface area contributed by atoms with Gasteiger partial charge in [-0.1, -0.05) is 17.7 Å². The van der Waals surface area contributed by atoms with Gasteiger partial charge in [-0.05, 0) is 19.1 Å². The number of aromatic nitrogens is 2. The Labute approximate surface area is 114 Å². The normalized spacial score (nSPS) is 10.5. The van der Waals surface area contributed by atoms with Gasteiger partial charge < -0.3 is 4.74 Å². The number of halogens is 2. The van der Waals surface area contributed by atoms with Crippen molar-refractivity contribution in [3.05, 3.63) is 52.6 Å². The molecule has 19 heavy (non-hydrogen) atoms. The van der Waals surface area contributed by atoms with E-state index >= 15 is 0 Å². The standard InChI is InChI=1S/C13H12ClFN2O2/c1-2-19-13(18)9-6-16-17(7-9)8-10-11(14)4-3-5-12(10)15/h3-7H,2,8H2,1H3. The molecule has 0 fully saturated rings. The Hall–Kier alpha value is -1.88. The van der Waals surface area contributed by atoms with Crippen LogP contribution in [0.5, 0.6) is 0 Å². The predicted molar refractivity (Wildman–Crippen MR) is 68.7 cm³/mol. The van der Waals surface area contributed by atoms with Crippen LogP contribution in [0.25, 0.3) is 0 Å². The van der Waals surface area contributed by atoms with Crippen molar-refractivity contribution in [2.75, 3.05) is 6.61 Å². The zero-order valence-electron chi connectivity index (χ0n) is 10.3. The smallest absolute Gasteiger partial charge is 0.341 e. The molecule has 0 aliphatic heterocycles. The molecule has 4 nitrogen and oxygen atoms in total. The monoisotopic (exact) mass is 282 g/mol. The van der Waals surface area contributed by atoms with Crippen LogP contribution in [-0.4, -0.2) is 22.4 Å². The van der Waals surface area contributed by atoms with Gasteiger partial charge in [0, 0.05) is 16.8 Å². The van der Waals surface area contributed by atoms with Gasteiger partial charge in [-0.15, -0.1) is 0 Å². The lowest BCUT2D eigenvalue weighted by Crippen LogP contribution is -2.05. The van der Waals surface area contributed by atoms with Crippen molar-refractivity contribution >= 4 is 17.6 Å². The van der Waals surface area contributed by atoms with Crippen molar-refractivity contribution in [3.63, 3.8) is 0 Å². The Morgan fingerprint density at radius 3 is 3.00 bits per heavy atom. The number of esters is 1. The molecule has 1 aromatic heterocycles. The first kappa shape index (κ1) is 13.5. The molecule has 0 bridgehead atoms. The summed E-state index contributed by atoms with van der Waals surface area (Å²) < 4.78 is 19.9. The summed E-state index contributed by atoms with van der Waals surface area (Å²) in [6.07, 6.45) is 2.88. The Kier molecular flexibility index (Phi) is 4.16. The molecule has 0 aliphatic carbocycles. The van der Waals surface area contributed by atoms with E-state index in [1.165, 1.54) is 29.2 Å². The molecule has 0 N–H and O–H groups in total. The van der Waals surface area contributed by atoms with Crippen molar-refractivity contribution in [1.29, 1.82) is 0 Å². The average Bonchev–Trinajstić information content (AvgIpc) is 2.83. The number of hydrogen-bond acceptors (Lipinski definition) is 3. The molecule has 0 amide bonds. The third-order valence-electron chi connectivity index (χ3n) is 2.53. The van der Waals surface area contributed by atoms with Crippen LogP contribution in [0.2, 0.25) is 5.02 Å². The maximum atomic E-state index is 13.6. The zero-order valence-corrected chi connectivity index (χ0v) is 11.0. The van der Waals surface area contributed by atoms with E-state index in [0.29, 0.717) is 22.8 Å². The summed E-state index contributed by atoms with van der Waals surface area (Å²) in [7, 11) is 0. The van der Waals surface area contributed by atoms with Crippen LogP contribution in [-0.2, 0) is 11.3 Å². The molecule has 0 atom stereocenters. The number of ether oxygens (including phenoxy) is 1. The zero-order chi connectivity index (χ0) is 13.8. The summed E-state index contributed by atoms with van der Waals surface area (Å²) in [6, 6.07) is 4.47. The fraction of sp³-hybridized carbons (Fsp3) is 0.231. The Morgan fingerprint density at radius 1 is 1.53 bits per heavy atom. The largest absolute Gasteiger partial charge is 0.462 e. The molecule has 0 spiro atoms. The topological polar surface area (TPSA) is 44.1 Å². The molecule has 0 aliphatic rings. The third-order valence-corrected chi connectivity index (χ3v) is 2.88. The second-order valence-corrected chi connectivity index (χ2v) is 4.25. The Bertz CT molecular complexity index is 578. The molecule has 6 heteroatoms. The van der Waals surface area contributed by atoms with E-state index in [1.54, 1.807) is 13.0 Å². The molecule has 1 heterocycles. The number of hydrogen-bond donors (Lipinski definition) is 0. The van der Waals surface area contributed by atoms with Gasteiger partial charge in [0.05, 0.1) is 24.9 Å². The molecule has 2 aromatic rings. The number of rotatable bonds is 4. The first-order valence-electron chi connectivity index (χ1n) is 5.74. The summed E-state index contributed by atoms with van der Waals surface area (Å²) in [4.78, 5) is 11.5. The number of nitrogens with zero attached hydrogens (tertiary/aromatic N) is 2. The van der Waals surface area contributed by atoms with Crippen molar-refractivity contribution in [1.82, 2.24) is 9.78 Å². The first-order valence-corrected chi connectivity index (χ1v) is 6.12. The minimum absolute atomic E-state index is 0.158. The van der Waals surface area contributed by atoms with Crippen LogP contribution < -0.4 is 0 Å². The molecule has 2 rings (SSSR count). The van der Waals surface area contributed by atoms with Crippen LogP contribution in [0.1, 0.15) is 22.8 Å². The summed E-state index contributed by atoms with van der Waals surface area (Å²) >= 11 is 5.93. The Morgan fingerprint density at radius 2 is 2.32 bits per heavy atom. The van der Waals surface area contributed by atoms with E-state index in [4.69, 9.17) is 16.3 Å². The van der Waals surface area contributed by atoms with Gasteiger partial charge in [-0.2, -0.15) is 5.10 Å². The van der Waals surface area contributed by atoms with Gasteiger partial charge in [-0.25, -0.2) is 9.18 Å². The summed E-state index contributed by atoms with van der Waals surface area (Å²) in [5, 5.41) is 4.31. The molecule has 100 valence electrons. The van der Waals surface area contributed by atoms with Crippen LogP contribution in [0.15, 0.2) is 30.6 Å². The van der Waals surface area contributed by atoms with Gasteiger partial charge in [0.25, 0.3) is 0 Å². The second-order valence-electron chi connectivity index (χ2n) is 3.85. The summed E-state index contributed by atoms with van der Waals surface area (Å²) in [6.45, 7) is 2.18. The average molecular weight is 283 g/mol. The lowest BCUT2D eigenvalue weighted by atomic mass is 10.2. The second kappa shape index (κ2) is 5.84. The summed E-state index contributed by atoms with van der Waals surface area (Å²) in [5.74, 6) is -0.853. The first-order chi connectivity index (χ1) is 9.11. The molecule has 1 aromatic carbocycles. The van der Waals surface area contributed by atoms with Crippen LogP contribution in [0, 0.1) is 5.82 Å². The van der Waals surface area contributed by atoms with Crippen molar-refractivity contribution in [3.8, 4) is 0 Å². The maximum Gasteiger partial charge on any atom is 0.341 e. The van der Waals surface area contributed by atoms with Gasteiger partial charge in [-0.3, -0.25) is 4.68 Å². The minimum Gasteiger partial charge on any atom is -0.462 e. The van der Waals surface area contributed by atoms with E-state index in [-0.39, 0.29) is 6.54 Å². The number of carbonyl (C=O) groups excluding carboxylic acids is 1. The van der Waals surface area contributed by atoms with Crippen molar-refractivity contribution < 1.29 is 13.9 Å². The van der Waals surface area contributed by atoms with Crippen LogP contribution >= 0.6 is 11.6 Å². The van der Waals surface area contributed by atoms with Gasteiger partial charge in [0.15, 0.2) is 0 Å². The van der Waals surface area contributed by atoms with Crippen LogP contribution in [0.4, 0.5) is 4.39 Å². The van der Waals surface area contributed by atoms with E-state index < -0.39 is 11.8 Å². The highest BCUT2D eigenvalue weighted by Gasteiger charge is 2.12. The van der Waals surface area contributed by atoms with Gasteiger partial charge in [0.2, 0.25) is 0 Å². The van der Waals surface area contributed by atoms with E-state index in [9.17, 15) is 9.18 Å². The highest BCUT2D eigenvalue weighted by Crippen LogP contribution is 2.19. The molecule has 0 radical (unpaired) electrons. The SMILES string of the molecule is CCOC(=O)c1cnn(Cc2c(F)cccc2Cl)c1. The quantitative estimate of drug-likeness (QED) is 0.810. The van der Waals surface area contributed by atoms with Gasteiger partial charge >= 0.3 is 5.97 Å². The predicted octanol–water partition coefficient (Wildman–Crippen LogP) is 2.90. The minimum atomic E-state index is -0.451. The number of carbonyl (C=O) groups is 1. The lowest BCUT2D eigenvalue weighted by Gasteiger charge is -2.05. The molecule has 0 saturated carbocycles. The molecular formula is C13H12ClFN2O2. The van der Waals surface area contributed by atoms with E-state index in [0.717, 1.165) is 0 Å². The fourth-order valence-electron chi connectivity index (χ4n) is 1.62. The third kappa shape index (κ3) is 3.12. The summed E-state index contributed by atoms with van der Waals surface area (Å²) in [5.41, 5.74) is 0.664. The highest BCUT2D eigenvalue weighted by atomic mass is 35.5. The van der Waals surface area contributed by atoms with E-state index in [1.807, 2.05) is 0 Å². The van der Waals surface area contributed by atoms with Crippen molar-refractivity contribution in [2.45, 2.75) is 13.5 Å². The molecule has 0 unspecified atom stereocenters. The highest BCUT2D eigenvalue weighted by molar-refractivity contribution is 6.31. The molecule has 0 saturated heterocycles. The Balaban J connectivity index is 2.18. The van der Waals surface area contributed by atoms with Gasteiger partial charge in [0.1, 0.15) is 5.82 Å². The van der Waals surface area contributed by atoms with Crippen LogP contribution in [0.3, 0.4) is 0 Å². The number of benzene rings is 1.